The number of hydrogen-bond donors (Lipinski definition) is 2. The van der Waals surface area contributed by atoms with Gasteiger partial charge >= 0.3 is 0 Å². The lowest BCUT2D eigenvalue weighted by Gasteiger charge is -2.17. The molecule has 2 heterocycles. The van der Waals surface area contributed by atoms with Crippen LogP contribution in [0.1, 0.15) is 13.3 Å². The van der Waals surface area contributed by atoms with Crippen molar-refractivity contribution in [1.29, 1.82) is 0 Å². The second-order valence-electron chi connectivity index (χ2n) is 8.57. The zero-order valence-corrected chi connectivity index (χ0v) is 20.6. The van der Waals surface area contributed by atoms with Crippen molar-refractivity contribution in [1.82, 2.24) is 14.9 Å². The summed E-state index contributed by atoms with van der Waals surface area (Å²) >= 11 is 5.91. The standard InChI is InChI=1S/C25H30ClFN4O4/c1-16-13-31(14-24(16)35-9-7-32)6-3-8-34-23-11-18-21(12-22(23)33-2)28-15-29-25(18)30-17-4-5-20(27)19(26)10-17/h4-5,10-12,15-16,24,32H,3,6-9,13-14H2,1-2H3,(H,28,29,30)/t16-,24+/m0/s1. The van der Waals surface area contributed by atoms with Crippen molar-refractivity contribution in [3.63, 3.8) is 0 Å². The Morgan fingerprint density at radius 2 is 2.03 bits per heavy atom. The lowest BCUT2D eigenvalue weighted by atomic mass is 10.1. The van der Waals surface area contributed by atoms with E-state index < -0.39 is 5.82 Å². The third-order valence-corrected chi connectivity index (χ3v) is 6.31. The Labute approximate surface area is 209 Å². The molecule has 2 N–H and O–H groups in total. The number of aromatic nitrogens is 2. The highest BCUT2D eigenvalue weighted by molar-refractivity contribution is 6.31. The molecule has 3 aromatic rings. The number of rotatable bonds is 11. The minimum Gasteiger partial charge on any atom is -0.493 e. The molecular weight excluding hydrogens is 475 g/mol. The van der Waals surface area contributed by atoms with Gasteiger partial charge < -0.3 is 29.5 Å². The zero-order chi connectivity index (χ0) is 24.8. The number of halogens is 2. The molecule has 0 aliphatic carbocycles. The maximum Gasteiger partial charge on any atom is 0.162 e. The van der Waals surface area contributed by atoms with E-state index in [4.69, 9.17) is 30.9 Å². The van der Waals surface area contributed by atoms with Gasteiger partial charge in [-0.25, -0.2) is 14.4 Å². The molecule has 2 aromatic carbocycles. The predicted molar refractivity (Wildman–Crippen MR) is 133 cm³/mol. The van der Waals surface area contributed by atoms with Crippen molar-refractivity contribution in [2.45, 2.75) is 19.4 Å². The molecule has 0 unspecified atom stereocenters. The van der Waals surface area contributed by atoms with Crippen LogP contribution >= 0.6 is 11.6 Å². The van der Waals surface area contributed by atoms with E-state index in [1.807, 2.05) is 6.07 Å². The van der Waals surface area contributed by atoms with Crippen LogP contribution < -0.4 is 14.8 Å². The van der Waals surface area contributed by atoms with Crippen molar-refractivity contribution in [3.05, 3.63) is 47.5 Å². The summed E-state index contributed by atoms with van der Waals surface area (Å²) in [5.74, 6) is 1.67. The van der Waals surface area contributed by atoms with Gasteiger partial charge in [-0.05, 0) is 36.6 Å². The summed E-state index contributed by atoms with van der Waals surface area (Å²) in [4.78, 5) is 11.0. The minimum absolute atomic E-state index is 0.0257. The second-order valence-corrected chi connectivity index (χ2v) is 8.98. The highest BCUT2D eigenvalue weighted by Crippen LogP contribution is 2.35. The van der Waals surface area contributed by atoms with Crippen LogP contribution in [0, 0.1) is 11.7 Å². The maximum absolute atomic E-state index is 13.5. The average molecular weight is 505 g/mol. The fourth-order valence-corrected chi connectivity index (χ4v) is 4.43. The molecule has 1 aliphatic rings. The van der Waals surface area contributed by atoms with E-state index in [0.717, 1.165) is 31.4 Å². The van der Waals surface area contributed by atoms with E-state index in [1.54, 1.807) is 19.2 Å². The highest BCUT2D eigenvalue weighted by atomic mass is 35.5. The van der Waals surface area contributed by atoms with Crippen molar-refractivity contribution >= 4 is 34.0 Å². The van der Waals surface area contributed by atoms with E-state index in [9.17, 15) is 4.39 Å². The van der Waals surface area contributed by atoms with Crippen LogP contribution in [0.25, 0.3) is 10.9 Å². The van der Waals surface area contributed by atoms with Crippen molar-refractivity contribution in [3.8, 4) is 11.5 Å². The number of likely N-dealkylation sites (tertiary alicyclic amines) is 1. The van der Waals surface area contributed by atoms with Gasteiger partial charge in [0, 0.05) is 36.8 Å². The Hall–Kier alpha value is -2.72. The molecular formula is C25H30ClFN4O4. The number of nitrogens with one attached hydrogen (secondary N) is 1. The molecule has 1 fully saturated rings. The number of anilines is 2. The molecule has 1 saturated heterocycles. The van der Waals surface area contributed by atoms with Crippen LogP contribution in [-0.4, -0.2) is 72.6 Å². The number of fused-ring (bicyclic) bond motifs is 1. The van der Waals surface area contributed by atoms with Crippen LogP contribution in [0.3, 0.4) is 0 Å². The number of nitrogens with zero attached hydrogens (tertiary/aromatic N) is 3. The Kier molecular flexibility index (Phi) is 8.56. The Bertz CT molecular complexity index is 1150. The van der Waals surface area contributed by atoms with Gasteiger partial charge in [0.05, 0.1) is 43.6 Å². The fraction of sp³-hybridized carbons (Fsp3) is 0.440. The maximum atomic E-state index is 13.5. The molecule has 188 valence electrons. The lowest BCUT2D eigenvalue weighted by Crippen LogP contribution is -2.26. The van der Waals surface area contributed by atoms with Gasteiger partial charge in [-0.15, -0.1) is 0 Å². The number of hydrogen-bond acceptors (Lipinski definition) is 8. The monoisotopic (exact) mass is 504 g/mol. The van der Waals surface area contributed by atoms with Crippen LogP contribution in [0.2, 0.25) is 5.02 Å². The smallest absolute Gasteiger partial charge is 0.162 e. The molecule has 0 bridgehead atoms. The SMILES string of the molecule is COc1cc2ncnc(Nc3ccc(F)c(Cl)c3)c2cc1OCCCN1C[C@H](C)[C@H](OCCO)C1. The van der Waals surface area contributed by atoms with Gasteiger partial charge in [-0.2, -0.15) is 0 Å². The van der Waals surface area contributed by atoms with Gasteiger partial charge in [0.1, 0.15) is 18.0 Å². The number of benzene rings is 2. The summed E-state index contributed by atoms with van der Waals surface area (Å²) in [5, 5.41) is 12.9. The average Bonchev–Trinajstić information content (AvgIpc) is 3.21. The summed E-state index contributed by atoms with van der Waals surface area (Å²) in [7, 11) is 1.59. The zero-order valence-electron chi connectivity index (χ0n) is 19.8. The first kappa shape index (κ1) is 25.4. The normalized spacial score (nSPS) is 18.2. The quantitative estimate of drug-likeness (QED) is 0.374. The van der Waals surface area contributed by atoms with Crippen molar-refractivity contribution < 1.29 is 23.7 Å². The summed E-state index contributed by atoms with van der Waals surface area (Å²) in [6, 6.07) is 8.05. The third kappa shape index (κ3) is 6.29. The van der Waals surface area contributed by atoms with Crippen molar-refractivity contribution in [2.75, 3.05) is 51.9 Å². The molecule has 8 nitrogen and oxygen atoms in total. The summed E-state index contributed by atoms with van der Waals surface area (Å²) in [6.07, 6.45) is 2.45. The number of aliphatic hydroxyl groups excluding tert-OH is 1. The highest BCUT2D eigenvalue weighted by Gasteiger charge is 2.29. The van der Waals surface area contributed by atoms with Gasteiger partial charge in [0.25, 0.3) is 0 Å². The largest absolute Gasteiger partial charge is 0.493 e. The van der Waals surface area contributed by atoms with Gasteiger partial charge in [-0.1, -0.05) is 18.5 Å². The fourth-order valence-electron chi connectivity index (χ4n) is 4.25. The van der Waals surface area contributed by atoms with Crippen LogP contribution in [0.4, 0.5) is 15.9 Å². The molecule has 10 heteroatoms. The molecule has 1 aromatic heterocycles. The Balaban J connectivity index is 1.42. The number of ether oxygens (including phenoxy) is 3. The first-order valence-electron chi connectivity index (χ1n) is 11.6. The number of methoxy groups -OCH3 is 1. The molecule has 1 aliphatic heterocycles. The topological polar surface area (TPSA) is 89.0 Å². The van der Waals surface area contributed by atoms with Crippen molar-refractivity contribution in [2.24, 2.45) is 5.92 Å². The predicted octanol–water partition coefficient (Wildman–Crippen LogP) is 4.27. The summed E-state index contributed by atoms with van der Waals surface area (Å²) in [5.41, 5.74) is 1.29. The Morgan fingerprint density at radius 1 is 1.17 bits per heavy atom. The summed E-state index contributed by atoms with van der Waals surface area (Å²) in [6.45, 7) is 5.83. The van der Waals surface area contributed by atoms with Gasteiger partial charge in [-0.3, -0.25) is 0 Å². The number of aliphatic hydroxyl groups is 1. The Morgan fingerprint density at radius 3 is 2.80 bits per heavy atom. The molecule has 0 amide bonds. The molecule has 0 spiro atoms. The van der Waals surface area contributed by atoms with E-state index in [0.29, 0.717) is 47.7 Å². The minimum atomic E-state index is -0.484. The molecule has 0 saturated carbocycles. The molecule has 4 rings (SSSR count). The van der Waals surface area contributed by atoms with Crippen LogP contribution in [-0.2, 0) is 4.74 Å². The molecule has 35 heavy (non-hydrogen) atoms. The van der Waals surface area contributed by atoms with E-state index in [-0.39, 0.29) is 17.7 Å². The molecule has 2 atom stereocenters. The van der Waals surface area contributed by atoms with Crippen LogP contribution in [0.5, 0.6) is 11.5 Å². The second kappa shape index (κ2) is 11.8. The molecule has 0 radical (unpaired) electrons. The van der Waals surface area contributed by atoms with E-state index in [2.05, 4.69) is 27.1 Å². The van der Waals surface area contributed by atoms with Gasteiger partial charge in [0.2, 0.25) is 0 Å². The first-order valence-corrected chi connectivity index (χ1v) is 12.0. The third-order valence-electron chi connectivity index (χ3n) is 6.02. The van der Waals surface area contributed by atoms with Crippen LogP contribution in [0.15, 0.2) is 36.7 Å². The van der Waals surface area contributed by atoms with E-state index >= 15 is 0 Å². The first-order chi connectivity index (χ1) is 17.0. The lowest BCUT2D eigenvalue weighted by molar-refractivity contribution is 0.0167. The van der Waals surface area contributed by atoms with E-state index in [1.165, 1.54) is 18.5 Å². The summed E-state index contributed by atoms with van der Waals surface area (Å²) < 4.78 is 30.9. The van der Waals surface area contributed by atoms with Gasteiger partial charge in [0.15, 0.2) is 11.5 Å².